The molecule has 8 heteroatoms. The molecular weight excluding hydrogens is 519 g/mol. The SMILES string of the molecule is NCc1ccc(COCc2cc(-c3c[nH]c4ccc(Br)cc34)nc3ccc(C(F)(F)F)cc23)cc1. The number of nitrogens with two attached hydrogens (primary N) is 1. The van der Waals surface area contributed by atoms with Crippen LogP contribution in [0, 0.1) is 0 Å². The van der Waals surface area contributed by atoms with E-state index in [0.717, 1.165) is 44.2 Å². The summed E-state index contributed by atoms with van der Waals surface area (Å²) in [6.07, 6.45) is -2.59. The van der Waals surface area contributed by atoms with Crippen LogP contribution in [0.4, 0.5) is 13.2 Å². The summed E-state index contributed by atoms with van der Waals surface area (Å²) in [4.78, 5) is 7.93. The molecule has 5 rings (SSSR count). The lowest BCUT2D eigenvalue weighted by molar-refractivity contribution is -0.137. The van der Waals surface area contributed by atoms with Gasteiger partial charge in [-0.2, -0.15) is 13.2 Å². The normalized spacial score (nSPS) is 12.0. The van der Waals surface area contributed by atoms with Gasteiger partial charge in [0, 0.05) is 39.1 Å². The van der Waals surface area contributed by atoms with Crippen LogP contribution >= 0.6 is 15.9 Å². The molecule has 2 heterocycles. The second-order valence-electron chi connectivity index (χ2n) is 8.30. The second-order valence-corrected chi connectivity index (χ2v) is 9.22. The molecule has 0 aliphatic rings. The third-order valence-corrected chi connectivity index (χ3v) is 6.42. The average molecular weight is 540 g/mol. The first kappa shape index (κ1) is 23.5. The van der Waals surface area contributed by atoms with Gasteiger partial charge in [-0.15, -0.1) is 0 Å². The zero-order valence-electron chi connectivity index (χ0n) is 18.5. The molecule has 0 radical (unpaired) electrons. The van der Waals surface area contributed by atoms with Crippen molar-refractivity contribution in [2.75, 3.05) is 0 Å². The van der Waals surface area contributed by atoms with Crippen molar-refractivity contribution in [2.45, 2.75) is 25.9 Å². The van der Waals surface area contributed by atoms with E-state index in [-0.39, 0.29) is 6.61 Å². The number of aromatic nitrogens is 2. The molecule has 0 bridgehead atoms. The summed E-state index contributed by atoms with van der Waals surface area (Å²) < 4.78 is 47.1. The lowest BCUT2D eigenvalue weighted by Crippen LogP contribution is -2.05. The van der Waals surface area contributed by atoms with Gasteiger partial charge >= 0.3 is 6.18 Å². The van der Waals surface area contributed by atoms with Crippen LogP contribution in [0.15, 0.2) is 77.4 Å². The molecule has 0 spiro atoms. The molecule has 3 N–H and O–H groups in total. The van der Waals surface area contributed by atoms with Crippen LogP contribution in [-0.4, -0.2) is 9.97 Å². The van der Waals surface area contributed by atoms with Crippen LogP contribution in [0.3, 0.4) is 0 Å². The van der Waals surface area contributed by atoms with E-state index in [1.807, 2.05) is 54.7 Å². The van der Waals surface area contributed by atoms with Crippen LogP contribution in [-0.2, 0) is 30.7 Å². The van der Waals surface area contributed by atoms with Crippen molar-refractivity contribution in [3.8, 4) is 11.3 Å². The summed E-state index contributed by atoms with van der Waals surface area (Å²) in [6.45, 7) is 0.917. The van der Waals surface area contributed by atoms with E-state index in [9.17, 15) is 13.2 Å². The molecule has 0 unspecified atom stereocenters. The molecular formula is C27H21BrF3N3O. The molecule has 0 atom stereocenters. The third kappa shape index (κ3) is 4.96. The number of H-pyrrole nitrogens is 1. The highest BCUT2D eigenvalue weighted by Crippen LogP contribution is 2.35. The molecule has 178 valence electrons. The quantitative estimate of drug-likeness (QED) is 0.237. The first-order valence-corrected chi connectivity index (χ1v) is 11.7. The molecule has 3 aromatic carbocycles. The van der Waals surface area contributed by atoms with E-state index >= 15 is 0 Å². The van der Waals surface area contributed by atoms with Gasteiger partial charge in [-0.25, -0.2) is 4.98 Å². The lowest BCUT2D eigenvalue weighted by atomic mass is 10.0. The van der Waals surface area contributed by atoms with Gasteiger partial charge in [0.1, 0.15) is 0 Å². The number of aromatic amines is 1. The van der Waals surface area contributed by atoms with E-state index in [1.54, 1.807) is 0 Å². The molecule has 0 aliphatic heterocycles. The maximum atomic E-state index is 13.4. The summed E-state index contributed by atoms with van der Waals surface area (Å²) in [7, 11) is 0. The molecule has 0 fully saturated rings. The van der Waals surface area contributed by atoms with E-state index < -0.39 is 11.7 Å². The fourth-order valence-corrected chi connectivity index (χ4v) is 4.45. The van der Waals surface area contributed by atoms with Crippen LogP contribution in [0.25, 0.3) is 33.1 Å². The maximum Gasteiger partial charge on any atom is 0.416 e. The van der Waals surface area contributed by atoms with Crippen molar-refractivity contribution in [3.05, 3.63) is 99.7 Å². The minimum atomic E-state index is -4.45. The van der Waals surface area contributed by atoms with Gasteiger partial charge in [-0.1, -0.05) is 40.2 Å². The molecule has 35 heavy (non-hydrogen) atoms. The van der Waals surface area contributed by atoms with Gasteiger partial charge < -0.3 is 15.5 Å². The Morgan fingerprint density at radius 1 is 0.886 bits per heavy atom. The number of benzene rings is 3. The highest BCUT2D eigenvalue weighted by Gasteiger charge is 2.31. The minimum Gasteiger partial charge on any atom is -0.372 e. The molecule has 0 amide bonds. The average Bonchev–Trinajstić information content (AvgIpc) is 3.26. The Morgan fingerprint density at radius 3 is 2.40 bits per heavy atom. The summed E-state index contributed by atoms with van der Waals surface area (Å²) in [5.74, 6) is 0. The summed E-state index contributed by atoms with van der Waals surface area (Å²) in [6, 6.07) is 19.1. The molecule has 0 aliphatic carbocycles. The fraction of sp³-hybridized carbons (Fsp3) is 0.148. The van der Waals surface area contributed by atoms with Crippen LogP contribution in [0.1, 0.15) is 22.3 Å². The first-order chi connectivity index (χ1) is 16.8. The van der Waals surface area contributed by atoms with Crippen molar-refractivity contribution in [1.29, 1.82) is 0 Å². The van der Waals surface area contributed by atoms with Gasteiger partial charge in [-0.05, 0) is 59.2 Å². The van der Waals surface area contributed by atoms with Crippen molar-refractivity contribution in [3.63, 3.8) is 0 Å². The summed E-state index contributed by atoms with van der Waals surface area (Å²) in [5.41, 5.74) is 10.5. The van der Waals surface area contributed by atoms with Crippen molar-refractivity contribution in [2.24, 2.45) is 5.73 Å². The van der Waals surface area contributed by atoms with Gasteiger partial charge in [0.15, 0.2) is 0 Å². The summed E-state index contributed by atoms with van der Waals surface area (Å²) >= 11 is 3.50. The Balaban J connectivity index is 1.54. The van der Waals surface area contributed by atoms with Crippen LogP contribution in [0.5, 0.6) is 0 Å². The Labute approximate surface area is 208 Å². The van der Waals surface area contributed by atoms with Crippen molar-refractivity contribution >= 4 is 37.7 Å². The Hall–Kier alpha value is -3.20. The topological polar surface area (TPSA) is 63.9 Å². The molecule has 0 saturated heterocycles. The highest BCUT2D eigenvalue weighted by atomic mass is 79.9. The summed E-state index contributed by atoms with van der Waals surface area (Å²) in [5, 5.41) is 1.38. The highest BCUT2D eigenvalue weighted by molar-refractivity contribution is 9.10. The predicted molar refractivity (Wildman–Crippen MR) is 135 cm³/mol. The molecule has 2 aromatic heterocycles. The van der Waals surface area contributed by atoms with Gasteiger partial charge in [-0.3, -0.25) is 0 Å². The predicted octanol–water partition coefficient (Wildman–Crippen LogP) is 7.34. The van der Waals surface area contributed by atoms with Crippen LogP contribution in [0.2, 0.25) is 0 Å². The lowest BCUT2D eigenvalue weighted by Gasteiger charge is -2.13. The Morgan fingerprint density at radius 2 is 1.66 bits per heavy atom. The first-order valence-electron chi connectivity index (χ1n) is 11.0. The van der Waals surface area contributed by atoms with E-state index in [4.69, 9.17) is 15.5 Å². The molecule has 5 aromatic rings. The smallest absolute Gasteiger partial charge is 0.372 e. The zero-order chi connectivity index (χ0) is 24.6. The third-order valence-electron chi connectivity index (χ3n) is 5.93. The zero-order valence-corrected chi connectivity index (χ0v) is 20.1. The number of nitrogens with zero attached hydrogens (tertiary/aromatic N) is 1. The van der Waals surface area contributed by atoms with Gasteiger partial charge in [0.05, 0.1) is 30.0 Å². The number of halogens is 4. The number of fused-ring (bicyclic) bond motifs is 2. The Kier molecular flexibility index (Phi) is 6.35. The monoisotopic (exact) mass is 539 g/mol. The number of nitrogens with one attached hydrogen (secondary N) is 1. The van der Waals surface area contributed by atoms with Gasteiger partial charge in [0.25, 0.3) is 0 Å². The van der Waals surface area contributed by atoms with Crippen molar-refractivity contribution < 1.29 is 17.9 Å². The number of hydrogen-bond acceptors (Lipinski definition) is 3. The molecule has 4 nitrogen and oxygen atoms in total. The van der Waals surface area contributed by atoms with E-state index in [0.29, 0.717) is 35.3 Å². The van der Waals surface area contributed by atoms with Crippen molar-refractivity contribution in [1.82, 2.24) is 9.97 Å². The number of rotatable bonds is 6. The Bertz CT molecular complexity index is 1510. The molecule has 0 saturated carbocycles. The van der Waals surface area contributed by atoms with Gasteiger partial charge in [0.2, 0.25) is 0 Å². The second kappa shape index (κ2) is 9.45. The number of pyridine rings is 1. The number of ether oxygens (including phenoxy) is 1. The number of alkyl halides is 3. The number of hydrogen-bond donors (Lipinski definition) is 2. The standard InChI is InChI=1S/C27H21BrF3N3O/c28-20-6-8-24-22(11-20)23(13-33-24)26-9-18(15-35-14-17-3-1-16(12-32)2-4-17)21-10-19(27(29,30)31)5-7-25(21)34-26/h1-11,13,33H,12,14-15,32H2. The van der Waals surface area contributed by atoms with E-state index in [2.05, 4.69) is 20.9 Å². The minimum absolute atomic E-state index is 0.137. The van der Waals surface area contributed by atoms with E-state index in [1.165, 1.54) is 6.07 Å². The fourth-order valence-electron chi connectivity index (χ4n) is 4.08. The largest absolute Gasteiger partial charge is 0.416 e. The maximum absolute atomic E-state index is 13.4. The van der Waals surface area contributed by atoms with Crippen LogP contribution < -0.4 is 5.73 Å².